The summed E-state index contributed by atoms with van der Waals surface area (Å²) in [5.74, 6) is -0.130. The van der Waals surface area contributed by atoms with Gasteiger partial charge in [-0.15, -0.1) is 0 Å². The van der Waals surface area contributed by atoms with Gasteiger partial charge in [0.05, 0.1) is 31.3 Å². The highest BCUT2D eigenvalue weighted by atomic mass is 127. The van der Waals surface area contributed by atoms with Crippen molar-refractivity contribution < 1.29 is 33.5 Å². The van der Waals surface area contributed by atoms with E-state index < -0.39 is 7.26 Å². The van der Waals surface area contributed by atoms with Crippen LogP contribution in [-0.4, -0.2) is 37.2 Å². The maximum Gasteiger partial charge on any atom is 0.302 e. The van der Waals surface area contributed by atoms with Gasteiger partial charge in [0, 0.05) is 14.2 Å². The number of hydrogen-bond acceptors (Lipinski definition) is 2. The summed E-state index contributed by atoms with van der Waals surface area (Å²) in [6.45, 7) is 9.08. The molecule has 2 nitrogen and oxygen atoms in total. The highest BCUT2D eigenvalue weighted by Gasteiger charge is 2.34. The quantitative estimate of drug-likeness (QED) is 0.0953. The Morgan fingerprint density at radius 2 is 0.964 bits per heavy atom. The van der Waals surface area contributed by atoms with E-state index in [0.717, 1.165) is 6.42 Å². The van der Waals surface area contributed by atoms with Gasteiger partial charge in [-0.25, -0.2) is 0 Å². The van der Waals surface area contributed by atoms with E-state index in [2.05, 4.69) is 20.8 Å². The number of carbonyl (C=O) groups excluding carboxylic acids is 1. The molecule has 0 radical (unpaired) electrons. The fraction of sp³-hybridized carbons (Fsp3) is 0.958. The van der Waals surface area contributed by atoms with E-state index in [1.54, 1.807) is 0 Å². The van der Waals surface area contributed by atoms with Crippen LogP contribution in [0.15, 0.2) is 0 Å². The molecule has 0 aliphatic heterocycles. The van der Waals surface area contributed by atoms with E-state index in [9.17, 15) is 4.79 Å². The van der Waals surface area contributed by atoms with Gasteiger partial charge in [0.1, 0.15) is 0 Å². The first kappa shape index (κ1) is 30.8. The highest BCUT2D eigenvalue weighted by molar-refractivity contribution is 7.75. The van der Waals surface area contributed by atoms with Crippen LogP contribution < -0.4 is 24.0 Å². The van der Waals surface area contributed by atoms with Crippen LogP contribution >= 0.6 is 7.26 Å². The molecule has 0 fully saturated rings. The molecular formula is C24H50IO2P. The van der Waals surface area contributed by atoms with Gasteiger partial charge < -0.3 is 28.7 Å². The summed E-state index contributed by atoms with van der Waals surface area (Å²) in [5, 5.41) is 0. The normalized spacial score (nSPS) is 11.3. The minimum atomic E-state index is -0.821. The van der Waals surface area contributed by atoms with Gasteiger partial charge in [-0.3, -0.25) is 4.79 Å². The molecule has 4 heteroatoms. The maximum absolute atomic E-state index is 11.0. The summed E-state index contributed by atoms with van der Waals surface area (Å²) in [4.78, 5) is 11.0. The molecule has 0 saturated heterocycles. The first-order valence-electron chi connectivity index (χ1n) is 12.1. The molecule has 0 N–H and O–H groups in total. The summed E-state index contributed by atoms with van der Waals surface area (Å²) in [6, 6.07) is 0. The van der Waals surface area contributed by atoms with E-state index >= 15 is 0 Å². The van der Waals surface area contributed by atoms with Gasteiger partial charge in [-0.1, -0.05) is 59.3 Å². The molecular weight excluding hydrogens is 478 g/mol. The van der Waals surface area contributed by atoms with Crippen molar-refractivity contribution in [1.29, 1.82) is 0 Å². The molecule has 0 spiro atoms. The van der Waals surface area contributed by atoms with Gasteiger partial charge in [0.25, 0.3) is 0 Å². The Bertz CT molecular complexity index is 305. The van der Waals surface area contributed by atoms with E-state index in [-0.39, 0.29) is 29.9 Å². The molecule has 0 aliphatic carbocycles. The van der Waals surface area contributed by atoms with Crippen molar-refractivity contribution in [3.63, 3.8) is 0 Å². The van der Waals surface area contributed by atoms with Crippen LogP contribution in [0, 0.1) is 0 Å². The van der Waals surface area contributed by atoms with Crippen molar-refractivity contribution in [3.05, 3.63) is 0 Å². The van der Waals surface area contributed by atoms with Crippen LogP contribution in [0.2, 0.25) is 0 Å². The van der Waals surface area contributed by atoms with E-state index in [4.69, 9.17) is 4.74 Å². The van der Waals surface area contributed by atoms with Gasteiger partial charge in [-0.05, 0) is 51.4 Å². The summed E-state index contributed by atoms with van der Waals surface area (Å²) in [7, 11) is -0.821. The van der Waals surface area contributed by atoms with Crippen LogP contribution in [0.25, 0.3) is 0 Å². The molecule has 0 heterocycles. The Labute approximate surface area is 195 Å². The van der Waals surface area contributed by atoms with E-state index in [1.807, 2.05) is 0 Å². The predicted octanol–water partition coefficient (Wildman–Crippen LogP) is 5.09. The Hall–Kier alpha value is 0.630. The number of ether oxygens (including phenoxy) is 1. The smallest absolute Gasteiger partial charge is 0.302 e. The third-order valence-corrected chi connectivity index (χ3v) is 10.8. The SMILES string of the molecule is CCCCCC[P+](CCCCCC)(CCCCCC)CCCCOC(C)=O.[I-]. The molecule has 0 rings (SSSR count). The Kier molecular flexibility index (Phi) is 24.6. The van der Waals surface area contributed by atoms with Crippen LogP contribution in [-0.2, 0) is 9.53 Å². The summed E-state index contributed by atoms with van der Waals surface area (Å²) in [6.07, 6.45) is 25.2. The van der Waals surface area contributed by atoms with Gasteiger partial charge in [0.15, 0.2) is 0 Å². The van der Waals surface area contributed by atoms with Crippen molar-refractivity contribution in [3.8, 4) is 0 Å². The largest absolute Gasteiger partial charge is 1.00 e. The topological polar surface area (TPSA) is 26.3 Å². The predicted molar refractivity (Wildman–Crippen MR) is 125 cm³/mol. The Balaban J connectivity index is 0. The zero-order valence-corrected chi connectivity index (χ0v) is 22.6. The van der Waals surface area contributed by atoms with Crippen molar-refractivity contribution in [2.75, 3.05) is 31.3 Å². The number of rotatable bonds is 20. The molecule has 0 aliphatic rings. The number of esters is 1. The summed E-state index contributed by atoms with van der Waals surface area (Å²) in [5.41, 5.74) is 0. The first-order valence-corrected chi connectivity index (χ1v) is 14.6. The zero-order valence-electron chi connectivity index (χ0n) is 19.6. The third-order valence-electron chi connectivity index (χ3n) is 5.79. The summed E-state index contributed by atoms with van der Waals surface area (Å²) >= 11 is 0. The third kappa shape index (κ3) is 18.6. The summed E-state index contributed by atoms with van der Waals surface area (Å²) < 4.78 is 5.17. The second-order valence-electron chi connectivity index (χ2n) is 8.47. The van der Waals surface area contributed by atoms with Crippen molar-refractivity contribution in [2.45, 2.75) is 118 Å². The zero-order chi connectivity index (χ0) is 20.2. The van der Waals surface area contributed by atoms with Crippen molar-refractivity contribution in [2.24, 2.45) is 0 Å². The highest BCUT2D eigenvalue weighted by Crippen LogP contribution is 2.61. The fourth-order valence-corrected chi connectivity index (χ4v) is 8.98. The lowest BCUT2D eigenvalue weighted by Crippen LogP contribution is -3.00. The van der Waals surface area contributed by atoms with Gasteiger partial charge >= 0.3 is 5.97 Å². The standard InChI is InChI=1S/C24H50O2P.HI/c1-5-8-11-15-20-27(21-16-12-9-6-2,22-17-13-10-7-3)23-18-14-19-26-24(4)25;/h5-23H2,1-4H3;1H/q+1;/p-1. The second-order valence-corrected chi connectivity index (χ2v) is 12.9. The van der Waals surface area contributed by atoms with Crippen molar-refractivity contribution >= 4 is 13.2 Å². The van der Waals surface area contributed by atoms with Gasteiger partial charge in [-0.2, -0.15) is 0 Å². The number of carbonyl (C=O) groups is 1. The molecule has 0 saturated carbocycles. The fourth-order valence-electron chi connectivity index (χ4n) is 4.06. The number of hydrogen-bond donors (Lipinski definition) is 0. The lowest BCUT2D eigenvalue weighted by Gasteiger charge is -2.28. The number of unbranched alkanes of at least 4 members (excludes halogenated alkanes) is 10. The first-order chi connectivity index (χ1) is 13.1. The molecule has 0 aromatic rings. The molecule has 28 heavy (non-hydrogen) atoms. The van der Waals surface area contributed by atoms with E-state index in [1.165, 1.54) is 115 Å². The molecule has 0 unspecified atom stereocenters. The molecule has 170 valence electrons. The maximum atomic E-state index is 11.0. The average molecular weight is 529 g/mol. The lowest BCUT2D eigenvalue weighted by atomic mass is 10.2. The Morgan fingerprint density at radius 3 is 1.29 bits per heavy atom. The monoisotopic (exact) mass is 528 g/mol. The molecule has 0 atom stereocenters. The van der Waals surface area contributed by atoms with E-state index in [0.29, 0.717) is 6.61 Å². The molecule has 0 aromatic heterocycles. The average Bonchev–Trinajstić information content (AvgIpc) is 2.65. The molecule has 0 amide bonds. The van der Waals surface area contributed by atoms with Gasteiger partial charge in [0.2, 0.25) is 0 Å². The Morgan fingerprint density at radius 1 is 0.607 bits per heavy atom. The van der Waals surface area contributed by atoms with Crippen LogP contribution in [0.4, 0.5) is 0 Å². The van der Waals surface area contributed by atoms with Crippen molar-refractivity contribution in [1.82, 2.24) is 0 Å². The molecule has 0 bridgehead atoms. The lowest BCUT2D eigenvalue weighted by molar-refractivity contribution is -0.141. The molecule has 0 aromatic carbocycles. The minimum absolute atomic E-state index is 0. The minimum Gasteiger partial charge on any atom is -1.00 e. The van der Waals surface area contributed by atoms with Crippen LogP contribution in [0.5, 0.6) is 0 Å². The second kappa shape index (κ2) is 22.3. The number of halogens is 1. The van der Waals surface area contributed by atoms with Crippen LogP contribution in [0.1, 0.15) is 118 Å². The van der Waals surface area contributed by atoms with Crippen LogP contribution in [0.3, 0.4) is 0 Å².